The fourth-order valence-corrected chi connectivity index (χ4v) is 2.14. The zero-order valence-corrected chi connectivity index (χ0v) is 10.4. The molecule has 5 heteroatoms. The van der Waals surface area contributed by atoms with E-state index in [0.29, 0.717) is 17.8 Å². The van der Waals surface area contributed by atoms with Crippen molar-refractivity contribution in [2.75, 3.05) is 11.4 Å². The number of rotatable bonds is 4. The maximum atomic E-state index is 12.3. The molecule has 2 aromatic rings. The van der Waals surface area contributed by atoms with Crippen molar-refractivity contribution in [2.45, 2.75) is 6.42 Å². The van der Waals surface area contributed by atoms with Gasteiger partial charge in [0.05, 0.1) is 24.2 Å². The highest BCUT2D eigenvalue weighted by molar-refractivity contribution is 7.11. The molecule has 1 amide bonds. The van der Waals surface area contributed by atoms with E-state index < -0.39 is 0 Å². The molecule has 0 bridgehead atoms. The van der Waals surface area contributed by atoms with Crippen molar-refractivity contribution in [3.05, 3.63) is 46.9 Å². The van der Waals surface area contributed by atoms with Gasteiger partial charge in [-0.05, 0) is 12.1 Å². The second-order valence-corrected chi connectivity index (χ2v) is 4.45. The molecule has 1 heterocycles. The molecule has 0 aliphatic carbocycles. The molecule has 0 spiro atoms. The monoisotopic (exact) mass is 257 g/mol. The summed E-state index contributed by atoms with van der Waals surface area (Å²) in [7, 11) is 0. The lowest BCUT2D eigenvalue weighted by Crippen LogP contribution is -2.31. The molecular weight excluding hydrogens is 246 g/mol. The number of benzene rings is 1. The van der Waals surface area contributed by atoms with Gasteiger partial charge in [0, 0.05) is 12.2 Å². The van der Waals surface area contributed by atoms with Crippen molar-refractivity contribution in [3.63, 3.8) is 0 Å². The van der Waals surface area contributed by atoms with Gasteiger partial charge in [0.1, 0.15) is 4.88 Å². The third-order valence-electron chi connectivity index (χ3n) is 2.40. The Morgan fingerprint density at radius 3 is 2.78 bits per heavy atom. The lowest BCUT2D eigenvalue weighted by Gasteiger charge is -2.20. The predicted octanol–water partition coefficient (Wildman–Crippen LogP) is 2.70. The van der Waals surface area contributed by atoms with Crippen LogP contribution in [-0.4, -0.2) is 17.4 Å². The van der Waals surface area contributed by atoms with Crippen LogP contribution < -0.4 is 4.90 Å². The topological polar surface area (TPSA) is 57.0 Å². The van der Waals surface area contributed by atoms with Crippen molar-refractivity contribution in [3.8, 4) is 6.07 Å². The molecule has 0 aliphatic heterocycles. The number of hydrogen-bond donors (Lipinski definition) is 0. The van der Waals surface area contributed by atoms with Crippen molar-refractivity contribution in [2.24, 2.45) is 0 Å². The second kappa shape index (κ2) is 5.94. The molecule has 18 heavy (non-hydrogen) atoms. The minimum absolute atomic E-state index is 0.112. The highest BCUT2D eigenvalue weighted by Crippen LogP contribution is 2.18. The Morgan fingerprint density at radius 1 is 1.39 bits per heavy atom. The SMILES string of the molecule is N#CCCN(C(=O)c1cncs1)c1ccccc1. The van der Waals surface area contributed by atoms with Gasteiger partial charge < -0.3 is 4.90 Å². The normalized spacial score (nSPS) is 9.72. The van der Waals surface area contributed by atoms with Gasteiger partial charge in [-0.25, -0.2) is 0 Å². The van der Waals surface area contributed by atoms with Crippen LogP contribution in [0.25, 0.3) is 0 Å². The highest BCUT2D eigenvalue weighted by atomic mass is 32.1. The van der Waals surface area contributed by atoms with Crippen LogP contribution in [0.1, 0.15) is 16.1 Å². The Balaban J connectivity index is 2.26. The summed E-state index contributed by atoms with van der Waals surface area (Å²) in [5, 5.41) is 8.68. The highest BCUT2D eigenvalue weighted by Gasteiger charge is 2.18. The van der Waals surface area contributed by atoms with E-state index in [1.165, 1.54) is 11.3 Å². The number of nitrogens with zero attached hydrogens (tertiary/aromatic N) is 3. The lowest BCUT2D eigenvalue weighted by molar-refractivity contribution is 0.0991. The van der Waals surface area contributed by atoms with E-state index in [1.807, 2.05) is 30.3 Å². The quantitative estimate of drug-likeness (QED) is 0.846. The van der Waals surface area contributed by atoms with Crippen LogP contribution in [0.15, 0.2) is 42.0 Å². The Labute approximate surface area is 109 Å². The molecular formula is C13H11N3OS. The number of thiazole rings is 1. The molecule has 0 fully saturated rings. The maximum absolute atomic E-state index is 12.3. The number of amides is 1. The average Bonchev–Trinajstić information content (AvgIpc) is 2.94. The zero-order chi connectivity index (χ0) is 12.8. The van der Waals surface area contributed by atoms with E-state index in [2.05, 4.69) is 11.1 Å². The number of carbonyl (C=O) groups excluding carboxylic acids is 1. The van der Waals surface area contributed by atoms with Crippen molar-refractivity contribution < 1.29 is 4.79 Å². The molecule has 0 atom stereocenters. The molecule has 0 saturated heterocycles. The summed E-state index contributed by atoms with van der Waals surface area (Å²) in [6.07, 6.45) is 1.86. The number of hydrogen-bond acceptors (Lipinski definition) is 4. The molecule has 1 aromatic heterocycles. The summed E-state index contributed by atoms with van der Waals surface area (Å²) < 4.78 is 0. The van der Waals surface area contributed by atoms with Crippen molar-refractivity contribution >= 4 is 22.9 Å². The van der Waals surface area contributed by atoms with Gasteiger partial charge in [-0.3, -0.25) is 9.78 Å². The molecule has 4 nitrogen and oxygen atoms in total. The summed E-state index contributed by atoms with van der Waals surface area (Å²) in [5.74, 6) is -0.112. The van der Waals surface area contributed by atoms with Gasteiger partial charge in [-0.1, -0.05) is 18.2 Å². The van der Waals surface area contributed by atoms with E-state index in [-0.39, 0.29) is 5.91 Å². The lowest BCUT2D eigenvalue weighted by atomic mass is 10.2. The van der Waals surface area contributed by atoms with Crippen LogP contribution in [0.3, 0.4) is 0 Å². The zero-order valence-electron chi connectivity index (χ0n) is 9.61. The first-order valence-electron chi connectivity index (χ1n) is 5.45. The fraction of sp³-hybridized carbons (Fsp3) is 0.154. The van der Waals surface area contributed by atoms with Gasteiger partial charge >= 0.3 is 0 Å². The summed E-state index contributed by atoms with van der Waals surface area (Å²) in [4.78, 5) is 18.4. The van der Waals surface area contributed by atoms with Crippen LogP contribution in [0, 0.1) is 11.3 Å². The number of carbonyl (C=O) groups is 1. The van der Waals surface area contributed by atoms with E-state index in [4.69, 9.17) is 5.26 Å². The Bertz CT molecular complexity index is 545. The standard InChI is InChI=1S/C13H11N3OS/c14-7-4-8-16(11-5-2-1-3-6-11)13(17)12-9-15-10-18-12/h1-3,5-6,9-10H,4,8H2. The van der Waals surface area contributed by atoms with Gasteiger partial charge in [0.15, 0.2) is 0 Å². The van der Waals surface area contributed by atoms with Crippen molar-refractivity contribution in [1.29, 1.82) is 5.26 Å². The number of para-hydroxylation sites is 1. The fourth-order valence-electron chi connectivity index (χ4n) is 1.57. The molecule has 90 valence electrons. The second-order valence-electron chi connectivity index (χ2n) is 3.57. The minimum Gasteiger partial charge on any atom is -0.307 e. The first-order valence-corrected chi connectivity index (χ1v) is 6.33. The Hall–Kier alpha value is -2.19. The molecule has 1 aromatic carbocycles. The van der Waals surface area contributed by atoms with Gasteiger partial charge in [-0.2, -0.15) is 5.26 Å². The molecule has 0 saturated carbocycles. The van der Waals surface area contributed by atoms with Crippen LogP contribution in [0.4, 0.5) is 5.69 Å². The van der Waals surface area contributed by atoms with Crippen LogP contribution in [0.2, 0.25) is 0 Å². The molecule has 0 radical (unpaired) electrons. The average molecular weight is 257 g/mol. The Kier molecular flexibility index (Phi) is 4.05. The van der Waals surface area contributed by atoms with Crippen molar-refractivity contribution in [1.82, 2.24) is 4.98 Å². The smallest absolute Gasteiger partial charge is 0.270 e. The minimum atomic E-state index is -0.112. The summed E-state index contributed by atoms with van der Waals surface area (Å²) in [6, 6.07) is 11.4. The van der Waals surface area contributed by atoms with Gasteiger partial charge in [0.2, 0.25) is 0 Å². The number of nitriles is 1. The first-order chi connectivity index (χ1) is 8.83. The van der Waals surface area contributed by atoms with E-state index in [1.54, 1.807) is 16.6 Å². The first kappa shape index (κ1) is 12.3. The Morgan fingerprint density at radius 2 is 2.17 bits per heavy atom. The van der Waals surface area contributed by atoms with Gasteiger partial charge in [0.25, 0.3) is 5.91 Å². The number of anilines is 1. The van der Waals surface area contributed by atoms with E-state index in [0.717, 1.165) is 5.69 Å². The maximum Gasteiger partial charge on any atom is 0.270 e. The molecule has 0 aliphatic rings. The predicted molar refractivity (Wildman–Crippen MR) is 70.5 cm³/mol. The van der Waals surface area contributed by atoms with Crippen LogP contribution in [0.5, 0.6) is 0 Å². The van der Waals surface area contributed by atoms with Gasteiger partial charge in [-0.15, -0.1) is 11.3 Å². The number of aromatic nitrogens is 1. The van der Waals surface area contributed by atoms with Crippen LogP contribution in [-0.2, 0) is 0 Å². The third-order valence-corrected chi connectivity index (χ3v) is 3.16. The molecule has 0 unspecified atom stereocenters. The summed E-state index contributed by atoms with van der Waals surface area (Å²) in [6.45, 7) is 0.386. The summed E-state index contributed by atoms with van der Waals surface area (Å²) in [5.41, 5.74) is 2.42. The third kappa shape index (κ3) is 2.73. The molecule has 0 N–H and O–H groups in total. The van der Waals surface area contributed by atoms with E-state index in [9.17, 15) is 4.79 Å². The molecule has 2 rings (SSSR count). The van der Waals surface area contributed by atoms with Crippen LogP contribution >= 0.6 is 11.3 Å². The largest absolute Gasteiger partial charge is 0.307 e. The van der Waals surface area contributed by atoms with E-state index >= 15 is 0 Å². The summed E-state index contributed by atoms with van der Waals surface area (Å²) >= 11 is 1.30.